The highest BCUT2D eigenvalue weighted by atomic mass is 79.9. The molecule has 1 N–H and O–H groups in total. The van der Waals surface area contributed by atoms with Crippen LogP contribution in [0.3, 0.4) is 0 Å². The van der Waals surface area contributed by atoms with E-state index in [4.69, 9.17) is 11.6 Å². The van der Waals surface area contributed by atoms with Gasteiger partial charge in [0.2, 0.25) is 0 Å². The fraction of sp³-hybridized carbons (Fsp3) is 0.200. The Morgan fingerprint density at radius 2 is 1.89 bits per heavy atom. The Morgan fingerprint density at radius 1 is 1.11 bits per heavy atom. The first kappa shape index (κ1) is 12.9. The van der Waals surface area contributed by atoms with E-state index in [0.29, 0.717) is 6.04 Å². The van der Waals surface area contributed by atoms with E-state index in [1.807, 2.05) is 12.1 Å². The first-order valence-electron chi connectivity index (χ1n) is 6.11. The molecule has 0 saturated carbocycles. The summed E-state index contributed by atoms with van der Waals surface area (Å²) in [6.07, 6.45) is 1.91. The molecule has 0 bridgehead atoms. The van der Waals surface area contributed by atoms with Crippen molar-refractivity contribution < 1.29 is 4.39 Å². The molecular weight excluding hydrogens is 329 g/mol. The molecule has 3 rings (SSSR count). The molecule has 2 aromatic carbocycles. The lowest BCUT2D eigenvalue weighted by Gasteiger charge is -2.15. The second kappa shape index (κ2) is 5.14. The standard InChI is InChI=1S/C15H12BrClFN/c16-14-8-12(18)3-4-15(14)19-13-6-9-1-2-11(17)5-10(9)7-13/h1-5,8,13,19H,6-7H2. The fourth-order valence-corrected chi connectivity index (χ4v) is 3.18. The molecule has 1 aliphatic rings. The SMILES string of the molecule is Fc1ccc(NC2Cc3ccc(Cl)cc3C2)c(Br)c1. The molecule has 0 saturated heterocycles. The first-order chi connectivity index (χ1) is 9.11. The lowest BCUT2D eigenvalue weighted by atomic mass is 10.1. The summed E-state index contributed by atoms with van der Waals surface area (Å²) in [5.41, 5.74) is 3.55. The fourth-order valence-electron chi connectivity index (χ4n) is 2.52. The molecule has 1 aliphatic carbocycles. The summed E-state index contributed by atoms with van der Waals surface area (Å²) in [6, 6.07) is 11.1. The number of fused-ring (bicyclic) bond motifs is 1. The number of anilines is 1. The number of hydrogen-bond acceptors (Lipinski definition) is 1. The van der Waals surface area contributed by atoms with Crippen LogP contribution < -0.4 is 5.32 Å². The summed E-state index contributed by atoms with van der Waals surface area (Å²) in [6.45, 7) is 0. The zero-order valence-electron chi connectivity index (χ0n) is 10.1. The third-order valence-corrected chi connectivity index (χ3v) is 4.28. The van der Waals surface area contributed by atoms with Crippen molar-refractivity contribution in [2.24, 2.45) is 0 Å². The van der Waals surface area contributed by atoms with Crippen LogP contribution in [0.2, 0.25) is 5.02 Å². The summed E-state index contributed by atoms with van der Waals surface area (Å²) < 4.78 is 13.8. The second-order valence-electron chi connectivity index (χ2n) is 4.79. The molecule has 0 aromatic heterocycles. The molecule has 0 heterocycles. The smallest absolute Gasteiger partial charge is 0.124 e. The van der Waals surface area contributed by atoms with E-state index in [1.165, 1.54) is 23.3 Å². The lowest BCUT2D eigenvalue weighted by Crippen LogP contribution is -2.19. The van der Waals surface area contributed by atoms with Gasteiger partial charge in [-0.3, -0.25) is 0 Å². The van der Waals surface area contributed by atoms with Gasteiger partial charge in [0.15, 0.2) is 0 Å². The van der Waals surface area contributed by atoms with Gasteiger partial charge in [-0.2, -0.15) is 0 Å². The zero-order chi connectivity index (χ0) is 13.4. The maximum atomic E-state index is 13.0. The first-order valence-corrected chi connectivity index (χ1v) is 7.28. The predicted octanol–water partition coefficient (Wildman–Crippen LogP) is 4.82. The molecule has 2 aromatic rings. The summed E-state index contributed by atoms with van der Waals surface area (Å²) in [4.78, 5) is 0. The van der Waals surface area contributed by atoms with Crippen LogP contribution in [-0.4, -0.2) is 6.04 Å². The van der Waals surface area contributed by atoms with E-state index in [0.717, 1.165) is 28.0 Å². The highest BCUT2D eigenvalue weighted by molar-refractivity contribution is 9.10. The van der Waals surface area contributed by atoms with Gasteiger partial charge in [0.05, 0.1) is 0 Å². The van der Waals surface area contributed by atoms with Crippen molar-refractivity contribution in [3.05, 3.63) is 62.8 Å². The Kier molecular flexibility index (Phi) is 3.50. The Hall–Kier alpha value is -1.06. The van der Waals surface area contributed by atoms with Crippen LogP contribution in [0.5, 0.6) is 0 Å². The van der Waals surface area contributed by atoms with Crippen LogP contribution in [0.25, 0.3) is 0 Å². The third kappa shape index (κ3) is 2.77. The average molecular weight is 341 g/mol. The molecule has 1 unspecified atom stereocenters. The average Bonchev–Trinajstić information content (AvgIpc) is 2.74. The Bertz CT molecular complexity index is 630. The second-order valence-corrected chi connectivity index (χ2v) is 6.08. The molecule has 0 radical (unpaired) electrons. The van der Waals surface area contributed by atoms with Gasteiger partial charge in [-0.15, -0.1) is 0 Å². The van der Waals surface area contributed by atoms with Gasteiger partial charge < -0.3 is 5.32 Å². The molecule has 98 valence electrons. The van der Waals surface area contributed by atoms with Crippen LogP contribution in [0.1, 0.15) is 11.1 Å². The molecule has 0 amide bonds. The maximum Gasteiger partial charge on any atom is 0.124 e. The van der Waals surface area contributed by atoms with Gasteiger partial charge in [-0.1, -0.05) is 17.7 Å². The largest absolute Gasteiger partial charge is 0.381 e. The molecule has 19 heavy (non-hydrogen) atoms. The van der Waals surface area contributed by atoms with Crippen molar-refractivity contribution in [3.63, 3.8) is 0 Å². The summed E-state index contributed by atoms with van der Waals surface area (Å²) in [5.74, 6) is -0.237. The minimum absolute atomic E-state index is 0.237. The topological polar surface area (TPSA) is 12.0 Å². The van der Waals surface area contributed by atoms with Crippen molar-refractivity contribution in [1.82, 2.24) is 0 Å². The molecule has 1 atom stereocenters. The third-order valence-electron chi connectivity index (χ3n) is 3.39. The Labute approximate surface area is 124 Å². The summed E-state index contributed by atoms with van der Waals surface area (Å²) in [5, 5.41) is 4.23. The Morgan fingerprint density at radius 3 is 2.68 bits per heavy atom. The van der Waals surface area contributed by atoms with Crippen molar-refractivity contribution in [1.29, 1.82) is 0 Å². The van der Waals surface area contributed by atoms with Crippen LogP contribution in [-0.2, 0) is 12.8 Å². The van der Waals surface area contributed by atoms with Crippen molar-refractivity contribution in [3.8, 4) is 0 Å². The normalized spacial score (nSPS) is 17.3. The molecule has 1 nitrogen and oxygen atoms in total. The van der Waals surface area contributed by atoms with Crippen LogP contribution in [0, 0.1) is 5.82 Å². The van der Waals surface area contributed by atoms with Crippen molar-refractivity contribution in [2.75, 3.05) is 5.32 Å². The van der Waals surface area contributed by atoms with E-state index in [-0.39, 0.29) is 5.82 Å². The number of halogens is 3. The molecular formula is C15H12BrClFN. The van der Waals surface area contributed by atoms with Crippen LogP contribution >= 0.6 is 27.5 Å². The number of benzene rings is 2. The van der Waals surface area contributed by atoms with Gasteiger partial charge in [0.25, 0.3) is 0 Å². The Balaban J connectivity index is 1.77. The predicted molar refractivity (Wildman–Crippen MR) is 80.4 cm³/mol. The van der Waals surface area contributed by atoms with Gasteiger partial charge in [0, 0.05) is 21.2 Å². The zero-order valence-corrected chi connectivity index (χ0v) is 12.4. The minimum Gasteiger partial charge on any atom is -0.381 e. The van der Waals surface area contributed by atoms with E-state index in [9.17, 15) is 4.39 Å². The van der Waals surface area contributed by atoms with Crippen LogP contribution in [0.4, 0.5) is 10.1 Å². The van der Waals surface area contributed by atoms with Gasteiger partial charge in [-0.25, -0.2) is 4.39 Å². The van der Waals surface area contributed by atoms with Gasteiger partial charge in [0.1, 0.15) is 5.82 Å². The lowest BCUT2D eigenvalue weighted by molar-refractivity contribution is 0.627. The number of nitrogens with one attached hydrogen (secondary N) is 1. The highest BCUT2D eigenvalue weighted by Crippen LogP contribution is 2.30. The molecule has 0 aliphatic heterocycles. The van der Waals surface area contributed by atoms with E-state index in [1.54, 1.807) is 6.07 Å². The van der Waals surface area contributed by atoms with E-state index < -0.39 is 0 Å². The van der Waals surface area contributed by atoms with Crippen LogP contribution in [0.15, 0.2) is 40.9 Å². The van der Waals surface area contributed by atoms with Crippen molar-refractivity contribution in [2.45, 2.75) is 18.9 Å². The molecule has 0 spiro atoms. The maximum absolute atomic E-state index is 13.0. The quantitative estimate of drug-likeness (QED) is 0.826. The minimum atomic E-state index is -0.237. The van der Waals surface area contributed by atoms with Gasteiger partial charge >= 0.3 is 0 Å². The molecule has 0 fully saturated rings. The molecule has 4 heteroatoms. The monoisotopic (exact) mass is 339 g/mol. The van der Waals surface area contributed by atoms with E-state index >= 15 is 0 Å². The van der Waals surface area contributed by atoms with Crippen molar-refractivity contribution >= 4 is 33.2 Å². The number of hydrogen-bond donors (Lipinski definition) is 1. The number of rotatable bonds is 2. The van der Waals surface area contributed by atoms with Gasteiger partial charge in [-0.05, 0) is 70.2 Å². The highest BCUT2D eigenvalue weighted by Gasteiger charge is 2.21. The van der Waals surface area contributed by atoms with E-state index in [2.05, 4.69) is 27.3 Å². The summed E-state index contributed by atoms with van der Waals surface area (Å²) >= 11 is 9.38. The summed E-state index contributed by atoms with van der Waals surface area (Å²) in [7, 11) is 0.